The number of aryl methyl sites for hydroxylation is 2. The normalized spacial score (nSPS) is 10.3. The number of benzene rings is 1. The molecule has 0 saturated heterocycles. The van der Waals surface area contributed by atoms with Crippen LogP contribution in [0.15, 0.2) is 29.6 Å². The van der Waals surface area contributed by atoms with Crippen LogP contribution in [0, 0.1) is 13.8 Å². The molecule has 0 spiro atoms. The molecule has 0 saturated carbocycles. The van der Waals surface area contributed by atoms with E-state index in [1.54, 1.807) is 11.3 Å². The van der Waals surface area contributed by atoms with Gasteiger partial charge in [0.2, 0.25) is 0 Å². The maximum Gasteiger partial charge on any atom is 0.0901 e. The molecule has 0 radical (unpaired) electrons. The Hall–Kier alpha value is -1.15. The second-order valence-electron chi connectivity index (χ2n) is 3.12. The Labute approximate surface area is 82.1 Å². The molecule has 2 rings (SSSR count). The van der Waals surface area contributed by atoms with Crippen molar-refractivity contribution in [3.05, 3.63) is 40.2 Å². The molecule has 66 valence electrons. The molecule has 0 aliphatic carbocycles. The molecule has 0 fully saturated rings. The number of nitrogens with zero attached hydrogens (tertiary/aromatic N) is 1. The monoisotopic (exact) mass is 189 g/mol. The number of thiazole rings is 1. The van der Waals surface area contributed by atoms with Crippen molar-refractivity contribution in [3.63, 3.8) is 0 Å². The molecule has 1 aromatic heterocycles. The van der Waals surface area contributed by atoms with Crippen molar-refractivity contribution in [3.8, 4) is 11.3 Å². The van der Waals surface area contributed by atoms with E-state index in [4.69, 9.17) is 0 Å². The third-order valence-corrected chi connectivity index (χ3v) is 2.71. The minimum absolute atomic E-state index is 1.09. The van der Waals surface area contributed by atoms with Crippen LogP contribution in [-0.4, -0.2) is 4.98 Å². The molecule has 2 aromatic rings. The second kappa shape index (κ2) is 3.30. The van der Waals surface area contributed by atoms with Crippen molar-refractivity contribution >= 4 is 11.3 Å². The summed E-state index contributed by atoms with van der Waals surface area (Å²) in [7, 11) is 0. The van der Waals surface area contributed by atoms with Gasteiger partial charge in [-0.05, 0) is 19.9 Å². The fourth-order valence-corrected chi connectivity index (χ4v) is 1.92. The topological polar surface area (TPSA) is 12.9 Å². The predicted octanol–water partition coefficient (Wildman–Crippen LogP) is 3.43. The highest BCUT2D eigenvalue weighted by atomic mass is 32.1. The predicted molar refractivity (Wildman–Crippen MR) is 57.0 cm³/mol. The van der Waals surface area contributed by atoms with Crippen molar-refractivity contribution < 1.29 is 0 Å². The molecule has 0 amide bonds. The summed E-state index contributed by atoms with van der Waals surface area (Å²) < 4.78 is 0. The Balaban J connectivity index is 2.46. The molecule has 0 N–H and O–H groups in total. The number of rotatable bonds is 1. The Kier molecular flexibility index (Phi) is 2.15. The number of hydrogen-bond donors (Lipinski definition) is 0. The molecule has 0 aliphatic heterocycles. The molecule has 1 heterocycles. The molecule has 0 bridgehead atoms. The van der Waals surface area contributed by atoms with Crippen LogP contribution in [-0.2, 0) is 0 Å². The molecule has 13 heavy (non-hydrogen) atoms. The summed E-state index contributed by atoms with van der Waals surface area (Å²) >= 11 is 1.69. The van der Waals surface area contributed by atoms with Crippen LogP contribution >= 0.6 is 11.3 Å². The van der Waals surface area contributed by atoms with E-state index in [2.05, 4.69) is 41.6 Å². The van der Waals surface area contributed by atoms with E-state index in [1.165, 1.54) is 11.1 Å². The fraction of sp³-hybridized carbons (Fsp3) is 0.182. The van der Waals surface area contributed by atoms with Crippen molar-refractivity contribution in [1.29, 1.82) is 0 Å². The molecular weight excluding hydrogens is 178 g/mol. The SMILES string of the molecule is Cc1cccc(-c2csc(C)n2)c1. The summed E-state index contributed by atoms with van der Waals surface area (Å²) in [5.74, 6) is 0. The van der Waals surface area contributed by atoms with Gasteiger partial charge in [0.25, 0.3) is 0 Å². The molecule has 2 heteroatoms. The largest absolute Gasteiger partial charge is 0.242 e. The quantitative estimate of drug-likeness (QED) is 0.669. The van der Waals surface area contributed by atoms with Crippen LogP contribution in [0.3, 0.4) is 0 Å². The molecule has 0 unspecified atom stereocenters. The average molecular weight is 189 g/mol. The molecule has 0 aliphatic rings. The maximum atomic E-state index is 4.44. The number of hydrogen-bond acceptors (Lipinski definition) is 2. The Morgan fingerprint density at radius 1 is 1.23 bits per heavy atom. The first-order chi connectivity index (χ1) is 6.25. The average Bonchev–Trinajstić information content (AvgIpc) is 2.52. The first-order valence-corrected chi connectivity index (χ1v) is 5.13. The van der Waals surface area contributed by atoms with Crippen molar-refractivity contribution in [2.75, 3.05) is 0 Å². The standard InChI is InChI=1S/C11H11NS/c1-8-4-3-5-10(6-8)11-7-13-9(2)12-11/h3-7H,1-2H3. The van der Waals surface area contributed by atoms with E-state index in [1.807, 2.05) is 6.92 Å². The van der Waals surface area contributed by atoms with Crippen LogP contribution in [0.4, 0.5) is 0 Å². The Morgan fingerprint density at radius 3 is 2.69 bits per heavy atom. The van der Waals surface area contributed by atoms with Gasteiger partial charge in [0.15, 0.2) is 0 Å². The molecule has 1 nitrogen and oxygen atoms in total. The minimum atomic E-state index is 1.09. The van der Waals surface area contributed by atoms with Gasteiger partial charge in [-0.25, -0.2) is 4.98 Å². The zero-order chi connectivity index (χ0) is 9.26. The summed E-state index contributed by atoms with van der Waals surface area (Å²) in [6.07, 6.45) is 0. The van der Waals surface area contributed by atoms with Crippen LogP contribution in [0.2, 0.25) is 0 Å². The Bertz CT molecular complexity index is 418. The molecular formula is C11H11NS. The summed E-state index contributed by atoms with van der Waals surface area (Å²) in [6.45, 7) is 4.13. The lowest BCUT2D eigenvalue weighted by atomic mass is 10.1. The maximum absolute atomic E-state index is 4.44. The molecule has 0 atom stereocenters. The van der Waals surface area contributed by atoms with E-state index in [0.717, 1.165) is 10.7 Å². The first-order valence-electron chi connectivity index (χ1n) is 4.25. The highest BCUT2D eigenvalue weighted by molar-refractivity contribution is 7.09. The first kappa shape index (κ1) is 8.45. The lowest BCUT2D eigenvalue weighted by molar-refractivity contribution is 1.29. The van der Waals surface area contributed by atoms with Gasteiger partial charge in [-0.3, -0.25) is 0 Å². The van der Waals surface area contributed by atoms with Gasteiger partial charge in [0.05, 0.1) is 10.7 Å². The highest BCUT2D eigenvalue weighted by Gasteiger charge is 2.00. The summed E-state index contributed by atoms with van der Waals surface area (Å²) in [5, 5.41) is 3.22. The van der Waals surface area contributed by atoms with Crippen LogP contribution in [0.5, 0.6) is 0 Å². The summed E-state index contributed by atoms with van der Waals surface area (Å²) in [5.41, 5.74) is 3.58. The van der Waals surface area contributed by atoms with Crippen LogP contribution in [0.1, 0.15) is 10.6 Å². The van der Waals surface area contributed by atoms with E-state index in [9.17, 15) is 0 Å². The van der Waals surface area contributed by atoms with Gasteiger partial charge in [0.1, 0.15) is 0 Å². The number of aromatic nitrogens is 1. The lowest BCUT2D eigenvalue weighted by Gasteiger charge is -1.97. The fourth-order valence-electron chi connectivity index (χ4n) is 1.30. The lowest BCUT2D eigenvalue weighted by Crippen LogP contribution is -1.79. The zero-order valence-electron chi connectivity index (χ0n) is 7.74. The van der Waals surface area contributed by atoms with Crippen molar-refractivity contribution in [1.82, 2.24) is 4.98 Å². The van der Waals surface area contributed by atoms with Crippen LogP contribution in [0.25, 0.3) is 11.3 Å². The van der Waals surface area contributed by atoms with Crippen molar-refractivity contribution in [2.24, 2.45) is 0 Å². The van der Waals surface area contributed by atoms with Gasteiger partial charge < -0.3 is 0 Å². The summed E-state index contributed by atoms with van der Waals surface area (Å²) in [4.78, 5) is 4.44. The van der Waals surface area contributed by atoms with E-state index in [-0.39, 0.29) is 0 Å². The van der Waals surface area contributed by atoms with E-state index < -0.39 is 0 Å². The zero-order valence-corrected chi connectivity index (χ0v) is 8.56. The third kappa shape index (κ3) is 1.78. The summed E-state index contributed by atoms with van der Waals surface area (Å²) in [6, 6.07) is 8.43. The van der Waals surface area contributed by atoms with Crippen molar-refractivity contribution in [2.45, 2.75) is 13.8 Å². The van der Waals surface area contributed by atoms with Gasteiger partial charge >= 0.3 is 0 Å². The van der Waals surface area contributed by atoms with Crippen LogP contribution < -0.4 is 0 Å². The van der Waals surface area contributed by atoms with E-state index in [0.29, 0.717) is 0 Å². The third-order valence-electron chi connectivity index (χ3n) is 1.93. The smallest absolute Gasteiger partial charge is 0.0901 e. The van der Waals surface area contributed by atoms with E-state index >= 15 is 0 Å². The highest BCUT2D eigenvalue weighted by Crippen LogP contribution is 2.21. The van der Waals surface area contributed by atoms with Gasteiger partial charge in [-0.15, -0.1) is 11.3 Å². The van der Waals surface area contributed by atoms with Gasteiger partial charge in [-0.1, -0.05) is 23.8 Å². The second-order valence-corrected chi connectivity index (χ2v) is 4.18. The Morgan fingerprint density at radius 2 is 2.08 bits per heavy atom. The molecule has 1 aromatic carbocycles. The minimum Gasteiger partial charge on any atom is -0.242 e. The van der Waals surface area contributed by atoms with Gasteiger partial charge in [0, 0.05) is 10.9 Å². The van der Waals surface area contributed by atoms with Gasteiger partial charge in [-0.2, -0.15) is 0 Å².